The molecule has 0 aliphatic rings. The summed E-state index contributed by atoms with van der Waals surface area (Å²) >= 11 is 12.1. The van der Waals surface area contributed by atoms with Gasteiger partial charge in [0.15, 0.2) is 0 Å². The third-order valence-corrected chi connectivity index (χ3v) is 3.95. The van der Waals surface area contributed by atoms with Crippen molar-refractivity contribution in [2.45, 2.75) is 40.0 Å². The number of aryl methyl sites for hydroxylation is 1. The van der Waals surface area contributed by atoms with Crippen LogP contribution < -0.4 is 4.74 Å². The molecule has 1 aromatic carbocycles. The first kappa shape index (κ1) is 17.6. The van der Waals surface area contributed by atoms with E-state index >= 15 is 0 Å². The highest BCUT2D eigenvalue weighted by Gasteiger charge is 2.07. The van der Waals surface area contributed by atoms with Gasteiger partial charge in [0.05, 0.1) is 11.6 Å². The summed E-state index contributed by atoms with van der Waals surface area (Å²) in [5.41, 5.74) is 0.991. The van der Waals surface area contributed by atoms with E-state index in [0.29, 0.717) is 16.7 Å². The van der Waals surface area contributed by atoms with E-state index in [0.717, 1.165) is 30.8 Å². The van der Waals surface area contributed by atoms with Crippen molar-refractivity contribution in [3.8, 4) is 5.75 Å². The molecule has 114 valence electrons. The van der Waals surface area contributed by atoms with Crippen molar-refractivity contribution in [2.24, 2.45) is 0 Å². The standard InChI is InChI=1S/C16H25Cl2NO/c1-4-19(5-2)9-7-6-8-10-20-16-13(3)11-14(17)12-15(16)18/h11-12H,4-10H2,1-3H3. The highest BCUT2D eigenvalue weighted by atomic mass is 35.5. The Kier molecular flexibility index (Phi) is 8.35. The molecule has 4 heteroatoms. The lowest BCUT2D eigenvalue weighted by Crippen LogP contribution is -2.23. The van der Waals surface area contributed by atoms with Crippen LogP contribution in [0.25, 0.3) is 0 Å². The number of halogens is 2. The van der Waals surface area contributed by atoms with E-state index in [1.165, 1.54) is 19.4 Å². The van der Waals surface area contributed by atoms with Crippen LogP contribution in [0.2, 0.25) is 10.0 Å². The van der Waals surface area contributed by atoms with Crippen molar-refractivity contribution in [3.05, 3.63) is 27.7 Å². The Morgan fingerprint density at radius 1 is 1.05 bits per heavy atom. The van der Waals surface area contributed by atoms with E-state index < -0.39 is 0 Å². The number of rotatable bonds is 9. The van der Waals surface area contributed by atoms with Crippen molar-refractivity contribution in [1.29, 1.82) is 0 Å². The zero-order valence-corrected chi connectivity index (χ0v) is 14.2. The molecule has 1 rings (SSSR count). The first-order valence-corrected chi connectivity index (χ1v) is 8.14. The van der Waals surface area contributed by atoms with Crippen LogP contribution in [-0.2, 0) is 0 Å². The van der Waals surface area contributed by atoms with Gasteiger partial charge in [-0.05, 0) is 63.5 Å². The second-order valence-corrected chi connectivity index (χ2v) is 5.81. The molecule has 2 nitrogen and oxygen atoms in total. The SMILES string of the molecule is CCN(CC)CCCCCOc1c(C)cc(Cl)cc1Cl. The summed E-state index contributed by atoms with van der Waals surface area (Å²) in [4.78, 5) is 2.45. The Morgan fingerprint density at radius 3 is 2.35 bits per heavy atom. The molecule has 20 heavy (non-hydrogen) atoms. The summed E-state index contributed by atoms with van der Waals surface area (Å²) in [5, 5.41) is 1.25. The molecule has 0 unspecified atom stereocenters. The number of hydrogen-bond donors (Lipinski definition) is 0. The van der Waals surface area contributed by atoms with Gasteiger partial charge in [-0.3, -0.25) is 0 Å². The van der Waals surface area contributed by atoms with Crippen LogP contribution in [0, 0.1) is 6.92 Å². The van der Waals surface area contributed by atoms with Crippen LogP contribution in [0.15, 0.2) is 12.1 Å². The molecule has 0 bridgehead atoms. The summed E-state index contributed by atoms with van der Waals surface area (Å²) in [6.07, 6.45) is 3.46. The monoisotopic (exact) mass is 317 g/mol. The van der Waals surface area contributed by atoms with Gasteiger partial charge < -0.3 is 9.64 Å². The molecular weight excluding hydrogens is 293 g/mol. The molecule has 0 saturated heterocycles. The molecule has 0 spiro atoms. The topological polar surface area (TPSA) is 12.5 Å². The normalized spacial score (nSPS) is 11.1. The van der Waals surface area contributed by atoms with Gasteiger partial charge in [-0.25, -0.2) is 0 Å². The zero-order valence-electron chi connectivity index (χ0n) is 12.7. The molecule has 0 fully saturated rings. The molecular formula is C16H25Cl2NO. The lowest BCUT2D eigenvalue weighted by molar-refractivity contribution is 0.276. The molecule has 0 saturated carbocycles. The van der Waals surface area contributed by atoms with Crippen molar-refractivity contribution in [1.82, 2.24) is 4.90 Å². The van der Waals surface area contributed by atoms with Crippen LogP contribution in [0.5, 0.6) is 5.75 Å². The molecule has 0 amide bonds. The number of unbranched alkanes of at least 4 members (excludes halogenated alkanes) is 2. The quantitative estimate of drug-likeness (QED) is 0.581. The number of ether oxygens (including phenoxy) is 1. The molecule has 0 N–H and O–H groups in total. The van der Waals surface area contributed by atoms with Crippen LogP contribution in [0.1, 0.15) is 38.7 Å². The minimum Gasteiger partial charge on any atom is -0.492 e. The van der Waals surface area contributed by atoms with Crippen LogP contribution in [0.4, 0.5) is 0 Å². The lowest BCUT2D eigenvalue weighted by Gasteiger charge is -2.17. The predicted octanol–water partition coefficient (Wildman–Crippen LogP) is 5.19. The van der Waals surface area contributed by atoms with Crippen molar-refractivity contribution in [2.75, 3.05) is 26.2 Å². The highest BCUT2D eigenvalue weighted by molar-refractivity contribution is 6.35. The van der Waals surface area contributed by atoms with E-state index in [4.69, 9.17) is 27.9 Å². The fourth-order valence-corrected chi connectivity index (χ4v) is 2.85. The summed E-state index contributed by atoms with van der Waals surface area (Å²) in [5.74, 6) is 0.764. The third kappa shape index (κ3) is 5.90. The maximum Gasteiger partial charge on any atom is 0.140 e. The van der Waals surface area contributed by atoms with Gasteiger partial charge in [0.1, 0.15) is 5.75 Å². The van der Waals surface area contributed by atoms with Gasteiger partial charge in [-0.15, -0.1) is 0 Å². The molecule has 0 aliphatic carbocycles. The number of nitrogens with zero attached hydrogens (tertiary/aromatic N) is 1. The van der Waals surface area contributed by atoms with Gasteiger partial charge in [0, 0.05) is 5.02 Å². The zero-order chi connectivity index (χ0) is 15.0. The highest BCUT2D eigenvalue weighted by Crippen LogP contribution is 2.31. The first-order valence-electron chi connectivity index (χ1n) is 7.39. The maximum atomic E-state index is 6.14. The van der Waals surface area contributed by atoms with E-state index in [1.54, 1.807) is 6.07 Å². The average molecular weight is 318 g/mol. The predicted molar refractivity (Wildman–Crippen MR) is 88.3 cm³/mol. The largest absolute Gasteiger partial charge is 0.492 e. The number of hydrogen-bond acceptors (Lipinski definition) is 2. The van der Waals surface area contributed by atoms with Crippen molar-refractivity contribution >= 4 is 23.2 Å². The van der Waals surface area contributed by atoms with Gasteiger partial charge in [-0.2, -0.15) is 0 Å². The van der Waals surface area contributed by atoms with Gasteiger partial charge in [0.25, 0.3) is 0 Å². The Labute approximate surface area is 133 Å². The molecule has 0 heterocycles. The summed E-state index contributed by atoms with van der Waals surface area (Å²) in [6.45, 7) is 10.5. The summed E-state index contributed by atoms with van der Waals surface area (Å²) < 4.78 is 5.78. The van der Waals surface area contributed by atoms with Crippen LogP contribution in [-0.4, -0.2) is 31.1 Å². The fraction of sp³-hybridized carbons (Fsp3) is 0.625. The minimum atomic E-state index is 0.596. The van der Waals surface area contributed by atoms with E-state index in [1.807, 2.05) is 13.0 Å². The maximum absolute atomic E-state index is 6.14. The first-order chi connectivity index (χ1) is 9.58. The van der Waals surface area contributed by atoms with Gasteiger partial charge in [-0.1, -0.05) is 37.0 Å². The second-order valence-electron chi connectivity index (χ2n) is 4.97. The van der Waals surface area contributed by atoms with Crippen molar-refractivity contribution < 1.29 is 4.74 Å². The molecule has 0 aliphatic heterocycles. The molecule has 0 aromatic heterocycles. The van der Waals surface area contributed by atoms with E-state index in [9.17, 15) is 0 Å². The fourth-order valence-electron chi connectivity index (χ4n) is 2.20. The Balaban J connectivity index is 2.25. The molecule has 0 radical (unpaired) electrons. The van der Waals surface area contributed by atoms with E-state index in [2.05, 4.69) is 18.7 Å². The molecule has 0 atom stereocenters. The molecule has 1 aromatic rings. The smallest absolute Gasteiger partial charge is 0.140 e. The second kappa shape index (κ2) is 9.49. The van der Waals surface area contributed by atoms with Gasteiger partial charge >= 0.3 is 0 Å². The lowest BCUT2D eigenvalue weighted by atomic mass is 10.2. The van der Waals surface area contributed by atoms with Crippen molar-refractivity contribution in [3.63, 3.8) is 0 Å². The third-order valence-electron chi connectivity index (χ3n) is 3.45. The Morgan fingerprint density at radius 2 is 1.75 bits per heavy atom. The van der Waals surface area contributed by atoms with E-state index in [-0.39, 0.29) is 0 Å². The van der Waals surface area contributed by atoms with Crippen LogP contribution in [0.3, 0.4) is 0 Å². The average Bonchev–Trinajstić information content (AvgIpc) is 2.40. The minimum absolute atomic E-state index is 0.596. The Bertz CT molecular complexity index is 382. The number of benzene rings is 1. The van der Waals surface area contributed by atoms with Crippen LogP contribution >= 0.6 is 23.2 Å². The Hall–Kier alpha value is -0.440. The van der Waals surface area contributed by atoms with Gasteiger partial charge in [0.2, 0.25) is 0 Å². The summed E-state index contributed by atoms with van der Waals surface area (Å²) in [6, 6.07) is 3.61. The summed E-state index contributed by atoms with van der Waals surface area (Å²) in [7, 11) is 0.